The summed E-state index contributed by atoms with van der Waals surface area (Å²) in [5.41, 5.74) is 7.26. The lowest BCUT2D eigenvalue weighted by atomic mass is 9.93. The second-order valence-corrected chi connectivity index (χ2v) is 5.67. The molecular weight excluding hydrogens is 264 g/mol. The summed E-state index contributed by atoms with van der Waals surface area (Å²) in [6.45, 7) is 1.12. The number of aromatic nitrogens is 2. The molecule has 1 saturated carbocycles. The normalized spacial score (nSPS) is 16.2. The summed E-state index contributed by atoms with van der Waals surface area (Å²) in [6.07, 6.45) is 9.39. The molecule has 1 aliphatic carbocycles. The highest BCUT2D eigenvalue weighted by molar-refractivity contribution is 6.00. The van der Waals surface area contributed by atoms with Crippen LogP contribution in [0.3, 0.4) is 0 Å². The molecule has 5 nitrogen and oxygen atoms in total. The van der Waals surface area contributed by atoms with Gasteiger partial charge in [-0.15, -0.1) is 0 Å². The summed E-state index contributed by atoms with van der Waals surface area (Å²) < 4.78 is 1.74. The van der Waals surface area contributed by atoms with Crippen LogP contribution in [0, 0.1) is 0 Å². The predicted molar refractivity (Wildman–Crippen MR) is 82.2 cm³/mol. The van der Waals surface area contributed by atoms with Crippen molar-refractivity contribution in [2.45, 2.75) is 38.1 Å². The Hall–Kier alpha value is -1.88. The van der Waals surface area contributed by atoms with Gasteiger partial charge in [0.25, 0.3) is 5.91 Å². The molecule has 1 fully saturated rings. The lowest BCUT2D eigenvalue weighted by Gasteiger charge is -2.34. The average Bonchev–Trinajstić information content (AvgIpc) is 2.97. The van der Waals surface area contributed by atoms with E-state index in [4.69, 9.17) is 5.73 Å². The van der Waals surface area contributed by atoms with Crippen LogP contribution in [0.25, 0.3) is 5.52 Å². The van der Waals surface area contributed by atoms with Crippen molar-refractivity contribution in [1.29, 1.82) is 0 Å². The molecule has 0 saturated heterocycles. The number of pyridine rings is 1. The number of nitrogens with two attached hydrogens (primary N) is 1. The fourth-order valence-electron chi connectivity index (χ4n) is 3.24. The summed E-state index contributed by atoms with van der Waals surface area (Å²) >= 11 is 0. The van der Waals surface area contributed by atoms with Crippen LogP contribution in [0.2, 0.25) is 0 Å². The molecule has 2 aromatic heterocycles. The van der Waals surface area contributed by atoms with Crippen molar-refractivity contribution in [3.05, 3.63) is 36.2 Å². The number of hydrogen-bond donors (Lipinski definition) is 1. The maximum Gasteiger partial charge on any atom is 0.257 e. The van der Waals surface area contributed by atoms with Gasteiger partial charge in [-0.3, -0.25) is 4.79 Å². The van der Waals surface area contributed by atoms with E-state index >= 15 is 0 Å². The minimum atomic E-state index is 0.0635. The molecule has 0 bridgehead atoms. The van der Waals surface area contributed by atoms with Gasteiger partial charge in [-0.05, 0) is 25.0 Å². The van der Waals surface area contributed by atoms with E-state index in [2.05, 4.69) is 5.10 Å². The first-order chi connectivity index (χ1) is 10.3. The van der Waals surface area contributed by atoms with Gasteiger partial charge < -0.3 is 10.6 Å². The molecule has 3 rings (SSSR count). The van der Waals surface area contributed by atoms with E-state index in [9.17, 15) is 4.79 Å². The van der Waals surface area contributed by atoms with Crippen LogP contribution in [-0.4, -0.2) is 39.6 Å². The topological polar surface area (TPSA) is 63.6 Å². The highest BCUT2D eigenvalue weighted by Crippen LogP contribution is 2.24. The first-order valence-electron chi connectivity index (χ1n) is 7.74. The second-order valence-electron chi connectivity index (χ2n) is 5.67. The molecule has 21 heavy (non-hydrogen) atoms. The van der Waals surface area contributed by atoms with Gasteiger partial charge >= 0.3 is 0 Å². The van der Waals surface area contributed by atoms with Gasteiger partial charge in [-0.1, -0.05) is 25.3 Å². The quantitative estimate of drug-likeness (QED) is 0.935. The Morgan fingerprint density at radius 1 is 1.33 bits per heavy atom. The van der Waals surface area contributed by atoms with E-state index in [0.717, 1.165) is 18.4 Å². The van der Waals surface area contributed by atoms with E-state index in [1.807, 2.05) is 29.3 Å². The van der Waals surface area contributed by atoms with Gasteiger partial charge in [-0.2, -0.15) is 5.10 Å². The fourth-order valence-corrected chi connectivity index (χ4v) is 3.24. The van der Waals surface area contributed by atoms with E-state index in [0.29, 0.717) is 24.7 Å². The third kappa shape index (κ3) is 2.78. The first-order valence-corrected chi connectivity index (χ1v) is 7.74. The minimum Gasteiger partial charge on any atom is -0.334 e. The SMILES string of the molecule is NCCN(C(=O)c1cnn2ccccc12)C1CCCCC1. The first kappa shape index (κ1) is 14.1. The Morgan fingerprint density at radius 3 is 2.90 bits per heavy atom. The van der Waals surface area contributed by atoms with Crippen molar-refractivity contribution < 1.29 is 4.79 Å². The summed E-state index contributed by atoms with van der Waals surface area (Å²) in [5, 5.41) is 4.27. The van der Waals surface area contributed by atoms with Crippen LogP contribution >= 0.6 is 0 Å². The van der Waals surface area contributed by atoms with Gasteiger partial charge in [0.2, 0.25) is 0 Å². The minimum absolute atomic E-state index is 0.0635. The largest absolute Gasteiger partial charge is 0.334 e. The van der Waals surface area contributed by atoms with Crippen molar-refractivity contribution in [2.75, 3.05) is 13.1 Å². The summed E-state index contributed by atoms with van der Waals surface area (Å²) in [4.78, 5) is 14.9. The molecule has 0 aliphatic heterocycles. The predicted octanol–water partition coefficient (Wildman–Crippen LogP) is 2.07. The number of carbonyl (C=O) groups is 1. The second kappa shape index (κ2) is 6.26. The van der Waals surface area contributed by atoms with Crippen molar-refractivity contribution in [3.8, 4) is 0 Å². The number of nitrogens with zero attached hydrogens (tertiary/aromatic N) is 3. The van der Waals surface area contributed by atoms with Gasteiger partial charge in [0, 0.05) is 25.3 Å². The van der Waals surface area contributed by atoms with Gasteiger partial charge in [-0.25, -0.2) is 4.52 Å². The van der Waals surface area contributed by atoms with Crippen molar-refractivity contribution in [3.63, 3.8) is 0 Å². The Kier molecular flexibility index (Phi) is 4.20. The highest BCUT2D eigenvalue weighted by atomic mass is 16.2. The molecule has 0 radical (unpaired) electrons. The molecule has 0 atom stereocenters. The molecule has 1 amide bonds. The zero-order valence-corrected chi connectivity index (χ0v) is 12.2. The van der Waals surface area contributed by atoms with E-state index in [1.54, 1.807) is 10.7 Å². The molecule has 2 heterocycles. The molecular formula is C16H22N4O. The van der Waals surface area contributed by atoms with Crippen LogP contribution in [0.5, 0.6) is 0 Å². The number of amides is 1. The number of hydrogen-bond acceptors (Lipinski definition) is 3. The van der Waals surface area contributed by atoms with Crippen molar-refractivity contribution in [1.82, 2.24) is 14.5 Å². The zero-order valence-electron chi connectivity index (χ0n) is 12.2. The molecule has 0 aromatic carbocycles. The average molecular weight is 286 g/mol. The molecule has 5 heteroatoms. The summed E-state index contributed by atoms with van der Waals surface area (Å²) in [7, 11) is 0. The molecule has 2 N–H and O–H groups in total. The summed E-state index contributed by atoms with van der Waals surface area (Å²) in [5.74, 6) is 0.0635. The van der Waals surface area contributed by atoms with Crippen LogP contribution in [0.1, 0.15) is 42.5 Å². The zero-order chi connectivity index (χ0) is 14.7. The van der Waals surface area contributed by atoms with Gasteiger partial charge in [0.1, 0.15) is 0 Å². The maximum atomic E-state index is 12.9. The van der Waals surface area contributed by atoms with E-state index in [-0.39, 0.29) is 5.91 Å². The molecule has 112 valence electrons. The Labute approximate surface area is 124 Å². The Bertz CT molecular complexity index is 616. The number of fused-ring (bicyclic) bond motifs is 1. The number of carbonyl (C=O) groups excluding carboxylic acids is 1. The van der Waals surface area contributed by atoms with E-state index < -0.39 is 0 Å². The lowest BCUT2D eigenvalue weighted by Crippen LogP contribution is -2.44. The van der Waals surface area contributed by atoms with Gasteiger partial charge in [0.05, 0.1) is 17.3 Å². The molecule has 2 aromatic rings. The standard InChI is InChI=1S/C16H22N4O/c17-9-11-19(13-6-2-1-3-7-13)16(21)14-12-18-20-10-5-4-8-15(14)20/h4-5,8,10,12-13H,1-3,6-7,9,11,17H2. The van der Waals surface area contributed by atoms with Crippen LogP contribution in [-0.2, 0) is 0 Å². The smallest absolute Gasteiger partial charge is 0.257 e. The van der Waals surface area contributed by atoms with Gasteiger partial charge in [0.15, 0.2) is 0 Å². The van der Waals surface area contributed by atoms with Crippen molar-refractivity contribution in [2.24, 2.45) is 5.73 Å². The fraction of sp³-hybridized carbons (Fsp3) is 0.500. The maximum absolute atomic E-state index is 12.9. The lowest BCUT2D eigenvalue weighted by molar-refractivity contribution is 0.0643. The van der Waals surface area contributed by atoms with E-state index in [1.165, 1.54) is 19.3 Å². The van der Waals surface area contributed by atoms with Crippen LogP contribution in [0.15, 0.2) is 30.6 Å². The monoisotopic (exact) mass is 286 g/mol. The third-order valence-corrected chi connectivity index (χ3v) is 4.30. The third-order valence-electron chi connectivity index (χ3n) is 4.30. The molecule has 1 aliphatic rings. The molecule has 0 spiro atoms. The van der Waals surface area contributed by atoms with Crippen LogP contribution in [0.4, 0.5) is 0 Å². The highest BCUT2D eigenvalue weighted by Gasteiger charge is 2.27. The molecule has 0 unspecified atom stereocenters. The van der Waals surface area contributed by atoms with Crippen molar-refractivity contribution >= 4 is 11.4 Å². The summed E-state index contributed by atoms with van der Waals surface area (Å²) in [6, 6.07) is 6.10. The Morgan fingerprint density at radius 2 is 2.14 bits per heavy atom. The van der Waals surface area contributed by atoms with Crippen LogP contribution < -0.4 is 5.73 Å². The Balaban J connectivity index is 1.89. The number of rotatable bonds is 4.